The van der Waals surface area contributed by atoms with Gasteiger partial charge in [-0.25, -0.2) is 0 Å². The highest BCUT2D eigenvalue weighted by molar-refractivity contribution is 5.83. The summed E-state index contributed by atoms with van der Waals surface area (Å²) in [5, 5.41) is 4.18. The van der Waals surface area contributed by atoms with E-state index in [9.17, 15) is 4.79 Å². The molecular weight excluding hydrogens is 224 g/mol. The van der Waals surface area contributed by atoms with Crippen molar-refractivity contribution in [2.24, 2.45) is 0 Å². The van der Waals surface area contributed by atoms with E-state index in [0.717, 1.165) is 25.9 Å². The third kappa shape index (κ3) is 2.73. The van der Waals surface area contributed by atoms with Gasteiger partial charge in [-0.05, 0) is 24.5 Å². The first-order valence-corrected chi connectivity index (χ1v) is 6.53. The van der Waals surface area contributed by atoms with E-state index in [0.29, 0.717) is 0 Å². The fourth-order valence-electron chi connectivity index (χ4n) is 2.30. The van der Waals surface area contributed by atoms with Gasteiger partial charge in [-0.15, -0.1) is 0 Å². The van der Waals surface area contributed by atoms with Crippen LogP contribution >= 0.6 is 0 Å². The maximum atomic E-state index is 10.8. The first kappa shape index (κ1) is 12.7. The van der Waals surface area contributed by atoms with Crippen molar-refractivity contribution in [3.8, 4) is 0 Å². The number of rotatable bonds is 5. The summed E-state index contributed by atoms with van der Waals surface area (Å²) >= 11 is 0. The monoisotopic (exact) mass is 244 g/mol. The van der Waals surface area contributed by atoms with E-state index in [1.54, 1.807) is 6.92 Å². The first-order chi connectivity index (χ1) is 8.72. The van der Waals surface area contributed by atoms with Crippen molar-refractivity contribution >= 4 is 16.8 Å². The molecule has 3 nitrogen and oxygen atoms in total. The van der Waals surface area contributed by atoms with E-state index in [1.807, 2.05) is 0 Å². The number of fused-ring (bicyclic) bond motifs is 1. The molecule has 0 bridgehead atoms. The number of hydrogen-bond donors (Lipinski definition) is 1. The van der Waals surface area contributed by atoms with Crippen LogP contribution in [0.4, 0.5) is 0 Å². The topological polar surface area (TPSA) is 34.0 Å². The minimum Gasteiger partial charge on any atom is -0.356 e. The summed E-state index contributed by atoms with van der Waals surface area (Å²) in [7, 11) is 0. The summed E-state index contributed by atoms with van der Waals surface area (Å²) < 4.78 is 2.29. The third-order valence-electron chi connectivity index (χ3n) is 3.20. The maximum Gasteiger partial charge on any atom is 0.216 e. The van der Waals surface area contributed by atoms with Crippen LogP contribution in [-0.2, 0) is 17.8 Å². The molecule has 18 heavy (non-hydrogen) atoms. The van der Waals surface area contributed by atoms with Gasteiger partial charge in [0.2, 0.25) is 5.91 Å². The Balaban J connectivity index is 2.10. The second-order valence-electron chi connectivity index (χ2n) is 4.55. The summed E-state index contributed by atoms with van der Waals surface area (Å²) in [5.41, 5.74) is 2.68. The number of para-hydroxylation sites is 1. The van der Waals surface area contributed by atoms with Gasteiger partial charge in [-0.1, -0.05) is 25.1 Å². The molecule has 0 unspecified atom stereocenters. The van der Waals surface area contributed by atoms with Crippen molar-refractivity contribution in [3.63, 3.8) is 0 Å². The van der Waals surface area contributed by atoms with Crippen LogP contribution in [0.3, 0.4) is 0 Å². The lowest BCUT2D eigenvalue weighted by atomic mass is 10.1. The molecule has 0 fully saturated rings. The molecule has 1 aromatic heterocycles. The summed E-state index contributed by atoms with van der Waals surface area (Å²) in [6.45, 7) is 5.42. The highest BCUT2D eigenvalue weighted by Crippen LogP contribution is 2.21. The van der Waals surface area contributed by atoms with E-state index in [2.05, 4.69) is 47.3 Å². The fraction of sp³-hybridized carbons (Fsp3) is 0.400. The average molecular weight is 244 g/mol. The summed E-state index contributed by atoms with van der Waals surface area (Å²) in [5.74, 6) is 0.0432. The van der Waals surface area contributed by atoms with E-state index in [1.165, 1.54) is 16.5 Å². The van der Waals surface area contributed by atoms with Gasteiger partial charge in [0.15, 0.2) is 0 Å². The van der Waals surface area contributed by atoms with E-state index in [4.69, 9.17) is 0 Å². The molecule has 0 atom stereocenters. The SMILES string of the molecule is CCc1cn(CCCNC(C)=O)c2ccccc12. The number of aromatic nitrogens is 1. The molecule has 0 aliphatic rings. The van der Waals surface area contributed by atoms with Gasteiger partial charge in [0.05, 0.1) is 0 Å². The van der Waals surface area contributed by atoms with Gasteiger partial charge in [-0.3, -0.25) is 4.79 Å². The Bertz CT molecular complexity index is 542. The Morgan fingerprint density at radius 1 is 1.33 bits per heavy atom. The van der Waals surface area contributed by atoms with E-state index in [-0.39, 0.29) is 5.91 Å². The largest absolute Gasteiger partial charge is 0.356 e. The Morgan fingerprint density at radius 2 is 2.11 bits per heavy atom. The minimum absolute atomic E-state index is 0.0432. The number of carbonyl (C=O) groups excluding carboxylic acids is 1. The zero-order valence-electron chi connectivity index (χ0n) is 11.1. The molecule has 0 aliphatic carbocycles. The minimum atomic E-state index is 0.0432. The maximum absolute atomic E-state index is 10.8. The van der Waals surface area contributed by atoms with Gasteiger partial charge in [0, 0.05) is 37.1 Å². The number of nitrogens with zero attached hydrogens (tertiary/aromatic N) is 1. The van der Waals surface area contributed by atoms with Crippen molar-refractivity contribution in [1.29, 1.82) is 0 Å². The normalized spacial score (nSPS) is 10.8. The molecule has 3 heteroatoms. The van der Waals surface area contributed by atoms with Crippen molar-refractivity contribution in [2.75, 3.05) is 6.54 Å². The highest BCUT2D eigenvalue weighted by Gasteiger charge is 2.05. The second kappa shape index (κ2) is 5.71. The number of aryl methyl sites for hydroxylation is 2. The predicted molar refractivity (Wildman–Crippen MR) is 74.6 cm³/mol. The summed E-state index contributed by atoms with van der Waals surface area (Å²) in [6.07, 6.45) is 4.25. The van der Waals surface area contributed by atoms with Crippen molar-refractivity contribution in [1.82, 2.24) is 9.88 Å². The third-order valence-corrected chi connectivity index (χ3v) is 3.20. The molecule has 1 heterocycles. The standard InChI is InChI=1S/C15H20N2O/c1-3-13-11-17(10-6-9-16-12(2)18)15-8-5-4-7-14(13)15/h4-5,7-8,11H,3,6,9-10H2,1-2H3,(H,16,18). The van der Waals surface area contributed by atoms with Gasteiger partial charge < -0.3 is 9.88 Å². The molecule has 2 rings (SSSR count). The number of hydrogen-bond acceptors (Lipinski definition) is 1. The quantitative estimate of drug-likeness (QED) is 0.806. The van der Waals surface area contributed by atoms with Crippen LogP contribution in [0.15, 0.2) is 30.5 Å². The Kier molecular flexibility index (Phi) is 4.03. The lowest BCUT2D eigenvalue weighted by Crippen LogP contribution is -2.21. The van der Waals surface area contributed by atoms with Crippen LogP contribution in [0.5, 0.6) is 0 Å². The molecule has 96 valence electrons. The smallest absolute Gasteiger partial charge is 0.216 e. The number of carbonyl (C=O) groups is 1. The number of benzene rings is 1. The summed E-state index contributed by atoms with van der Waals surface area (Å²) in [6, 6.07) is 8.50. The molecular formula is C15H20N2O. The molecule has 1 amide bonds. The lowest BCUT2D eigenvalue weighted by molar-refractivity contribution is -0.118. The van der Waals surface area contributed by atoms with Crippen LogP contribution in [-0.4, -0.2) is 17.0 Å². The fourth-order valence-corrected chi connectivity index (χ4v) is 2.30. The van der Waals surface area contributed by atoms with Crippen LogP contribution in [0.2, 0.25) is 0 Å². The van der Waals surface area contributed by atoms with Crippen LogP contribution in [0.25, 0.3) is 10.9 Å². The van der Waals surface area contributed by atoms with Gasteiger partial charge in [-0.2, -0.15) is 0 Å². The van der Waals surface area contributed by atoms with Crippen molar-refractivity contribution < 1.29 is 4.79 Å². The van der Waals surface area contributed by atoms with Gasteiger partial charge in [0.25, 0.3) is 0 Å². The molecule has 2 aromatic rings. The molecule has 0 saturated carbocycles. The molecule has 1 N–H and O–H groups in total. The first-order valence-electron chi connectivity index (χ1n) is 6.53. The van der Waals surface area contributed by atoms with E-state index >= 15 is 0 Å². The Labute approximate surface area is 108 Å². The Hall–Kier alpha value is -1.77. The highest BCUT2D eigenvalue weighted by atomic mass is 16.1. The number of amides is 1. The van der Waals surface area contributed by atoms with Gasteiger partial charge in [0.1, 0.15) is 0 Å². The molecule has 0 aliphatic heterocycles. The predicted octanol–water partition coefficient (Wildman–Crippen LogP) is 2.73. The zero-order chi connectivity index (χ0) is 13.0. The molecule has 0 radical (unpaired) electrons. The van der Waals surface area contributed by atoms with Crippen LogP contribution in [0, 0.1) is 0 Å². The van der Waals surface area contributed by atoms with Crippen LogP contribution in [0.1, 0.15) is 25.8 Å². The molecule has 0 spiro atoms. The lowest BCUT2D eigenvalue weighted by Gasteiger charge is -2.05. The molecule has 1 aromatic carbocycles. The zero-order valence-corrected chi connectivity index (χ0v) is 11.1. The molecule has 0 saturated heterocycles. The van der Waals surface area contributed by atoms with Crippen molar-refractivity contribution in [3.05, 3.63) is 36.0 Å². The van der Waals surface area contributed by atoms with Gasteiger partial charge >= 0.3 is 0 Å². The average Bonchev–Trinajstić information content (AvgIpc) is 2.73. The van der Waals surface area contributed by atoms with E-state index < -0.39 is 0 Å². The van der Waals surface area contributed by atoms with Crippen molar-refractivity contribution in [2.45, 2.75) is 33.2 Å². The Morgan fingerprint density at radius 3 is 2.83 bits per heavy atom. The number of nitrogens with one attached hydrogen (secondary N) is 1. The summed E-state index contributed by atoms with van der Waals surface area (Å²) in [4.78, 5) is 10.8. The second-order valence-corrected chi connectivity index (χ2v) is 4.55. The van der Waals surface area contributed by atoms with Crippen LogP contribution < -0.4 is 5.32 Å².